The van der Waals surface area contributed by atoms with Crippen molar-refractivity contribution in [1.29, 1.82) is 0 Å². The van der Waals surface area contributed by atoms with Crippen LogP contribution in [0.5, 0.6) is 0 Å². The van der Waals surface area contributed by atoms with Gasteiger partial charge >= 0.3 is 5.97 Å². The van der Waals surface area contributed by atoms with Crippen molar-refractivity contribution in [2.45, 2.75) is 26.4 Å². The van der Waals surface area contributed by atoms with Crippen molar-refractivity contribution in [2.75, 3.05) is 0 Å². The highest BCUT2D eigenvalue weighted by molar-refractivity contribution is 5.92. The van der Waals surface area contributed by atoms with Crippen LogP contribution in [0, 0.1) is 5.92 Å². The maximum atomic E-state index is 10.9. The molecule has 0 spiro atoms. The molecule has 1 aliphatic rings. The van der Waals surface area contributed by atoms with E-state index in [1.54, 1.807) is 13.8 Å². The van der Waals surface area contributed by atoms with E-state index in [2.05, 4.69) is 0 Å². The van der Waals surface area contributed by atoms with Crippen molar-refractivity contribution in [3.63, 3.8) is 0 Å². The van der Waals surface area contributed by atoms with E-state index in [0.717, 1.165) is 0 Å². The molecule has 0 aromatic rings. The molecule has 1 heterocycles. The summed E-state index contributed by atoms with van der Waals surface area (Å²) >= 11 is 0. The van der Waals surface area contributed by atoms with Crippen LogP contribution in [0.3, 0.4) is 0 Å². The maximum absolute atomic E-state index is 10.9. The van der Waals surface area contributed by atoms with E-state index in [1.807, 2.05) is 0 Å². The molecule has 0 aromatic heterocycles. The second-order valence-electron chi connectivity index (χ2n) is 2.65. The summed E-state index contributed by atoms with van der Waals surface area (Å²) in [6.45, 7) is 3.30. The lowest BCUT2D eigenvalue weighted by Crippen LogP contribution is -2.35. The molecule has 0 aliphatic carbocycles. The smallest absolute Gasteiger partial charge is 0.309 e. The molecule has 0 N–H and O–H groups in total. The summed E-state index contributed by atoms with van der Waals surface area (Å²) in [5.41, 5.74) is 0. The van der Waals surface area contributed by atoms with E-state index in [1.165, 1.54) is 0 Å². The average molecular weight is 142 g/mol. The second kappa shape index (κ2) is 2.40. The van der Waals surface area contributed by atoms with Crippen molar-refractivity contribution in [3.8, 4) is 0 Å². The summed E-state index contributed by atoms with van der Waals surface area (Å²) in [6.07, 6.45) is -0.191. The first kappa shape index (κ1) is 7.25. The largest absolute Gasteiger partial charge is 0.454 e. The van der Waals surface area contributed by atoms with Gasteiger partial charge in [0.15, 0.2) is 11.9 Å². The zero-order chi connectivity index (χ0) is 7.72. The molecule has 0 saturated carbocycles. The summed E-state index contributed by atoms with van der Waals surface area (Å²) in [5.74, 6) is -0.483. The van der Waals surface area contributed by atoms with E-state index >= 15 is 0 Å². The zero-order valence-electron chi connectivity index (χ0n) is 6.09. The molecule has 0 amide bonds. The van der Waals surface area contributed by atoms with Crippen LogP contribution in [-0.2, 0) is 14.3 Å². The SMILES string of the molecule is CC1CC(=O)C(C)OC1=O. The normalized spacial score (nSPS) is 33.8. The fourth-order valence-corrected chi connectivity index (χ4v) is 0.907. The summed E-state index contributed by atoms with van der Waals surface area (Å²) in [5, 5.41) is 0. The van der Waals surface area contributed by atoms with Crippen molar-refractivity contribution >= 4 is 11.8 Å². The minimum absolute atomic E-state index is 0.0205. The van der Waals surface area contributed by atoms with Crippen LogP contribution in [0.4, 0.5) is 0 Å². The van der Waals surface area contributed by atoms with Gasteiger partial charge in [-0.05, 0) is 6.92 Å². The Labute approximate surface area is 59.4 Å². The lowest BCUT2D eigenvalue weighted by molar-refractivity contribution is -0.164. The number of esters is 1. The van der Waals surface area contributed by atoms with Gasteiger partial charge in [0.25, 0.3) is 0 Å². The van der Waals surface area contributed by atoms with Crippen LogP contribution >= 0.6 is 0 Å². The highest BCUT2D eigenvalue weighted by Crippen LogP contribution is 2.15. The van der Waals surface area contributed by atoms with Crippen molar-refractivity contribution in [1.82, 2.24) is 0 Å². The first-order valence-corrected chi connectivity index (χ1v) is 3.34. The summed E-state index contributed by atoms with van der Waals surface area (Å²) in [6, 6.07) is 0. The van der Waals surface area contributed by atoms with Gasteiger partial charge in [0.05, 0.1) is 5.92 Å². The van der Waals surface area contributed by atoms with Gasteiger partial charge in [-0.3, -0.25) is 9.59 Å². The minimum atomic E-state index is -0.524. The quantitative estimate of drug-likeness (QED) is 0.463. The topological polar surface area (TPSA) is 43.4 Å². The van der Waals surface area contributed by atoms with E-state index in [9.17, 15) is 9.59 Å². The molecule has 2 unspecified atom stereocenters. The molecule has 0 aromatic carbocycles. The second-order valence-corrected chi connectivity index (χ2v) is 2.65. The van der Waals surface area contributed by atoms with Crippen LogP contribution < -0.4 is 0 Å². The predicted molar refractivity (Wildman–Crippen MR) is 34.3 cm³/mol. The third-order valence-corrected chi connectivity index (χ3v) is 1.66. The number of Topliss-reactive ketones (excluding diaryl/α,β-unsaturated/α-hetero) is 1. The summed E-state index contributed by atoms with van der Waals surface area (Å²) < 4.78 is 4.72. The van der Waals surface area contributed by atoms with Gasteiger partial charge < -0.3 is 4.74 Å². The summed E-state index contributed by atoms with van der Waals surface area (Å²) in [4.78, 5) is 21.6. The number of cyclic esters (lactones) is 1. The summed E-state index contributed by atoms with van der Waals surface area (Å²) in [7, 11) is 0. The zero-order valence-corrected chi connectivity index (χ0v) is 6.09. The Morgan fingerprint density at radius 1 is 1.40 bits per heavy atom. The number of carbonyl (C=O) groups excluding carboxylic acids is 2. The Morgan fingerprint density at radius 2 is 2.00 bits per heavy atom. The predicted octanol–water partition coefficient (Wildman–Crippen LogP) is 0.527. The molecule has 0 bridgehead atoms. The van der Waals surface area contributed by atoms with Crippen LogP contribution in [0.2, 0.25) is 0 Å². The van der Waals surface area contributed by atoms with Crippen LogP contribution in [-0.4, -0.2) is 17.9 Å². The van der Waals surface area contributed by atoms with Gasteiger partial charge in [-0.25, -0.2) is 0 Å². The lowest BCUT2D eigenvalue weighted by atomic mass is 9.99. The monoisotopic (exact) mass is 142 g/mol. The van der Waals surface area contributed by atoms with Crippen LogP contribution in [0.15, 0.2) is 0 Å². The van der Waals surface area contributed by atoms with E-state index in [4.69, 9.17) is 4.74 Å². The highest BCUT2D eigenvalue weighted by atomic mass is 16.5. The molecule has 0 radical (unpaired) electrons. The van der Waals surface area contributed by atoms with E-state index in [0.29, 0.717) is 6.42 Å². The minimum Gasteiger partial charge on any atom is -0.454 e. The molecule has 3 heteroatoms. The standard InChI is InChI=1S/C7H10O3/c1-4-3-6(8)5(2)10-7(4)9/h4-5H,3H2,1-2H3. The van der Waals surface area contributed by atoms with Gasteiger partial charge in [-0.15, -0.1) is 0 Å². The van der Waals surface area contributed by atoms with Crippen molar-refractivity contribution in [2.24, 2.45) is 5.92 Å². The fourth-order valence-electron chi connectivity index (χ4n) is 0.907. The van der Waals surface area contributed by atoms with Gasteiger partial charge in [0, 0.05) is 6.42 Å². The first-order chi connectivity index (χ1) is 4.61. The molecule has 1 fully saturated rings. The Balaban J connectivity index is 2.63. The number of carbonyl (C=O) groups is 2. The number of ketones is 1. The third kappa shape index (κ3) is 1.17. The maximum Gasteiger partial charge on any atom is 0.309 e. The molecule has 3 nitrogen and oxygen atoms in total. The van der Waals surface area contributed by atoms with Gasteiger partial charge in [-0.2, -0.15) is 0 Å². The number of rotatable bonds is 0. The number of ether oxygens (including phenoxy) is 1. The third-order valence-electron chi connectivity index (χ3n) is 1.66. The molecular formula is C7H10O3. The highest BCUT2D eigenvalue weighted by Gasteiger charge is 2.30. The average Bonchev–Trinajstić information content (AvgIpc) is 1.84. The number of hydrogen-bond acceptors (Lipinski definition) is 3. The molecule has 1 aliphatic heterocycles. The van der Waals surface area contributed by atoms with Gasteiger partial charge in [0.1, 0.15) is 0 Å². The molecular weight excluding hydrogens is 132 g/mol. The van der Waals surface area contributed by atoms with Crippen molar-refractivity contribution in [3.05, 3.63) is 0 Å². The van der Waals surface area contributed by atoms with Crippen molar-refractivity contribution < 1.29 is 14.3 Å². The Hall–Kier alpha value is -0.860. The van der Waals surface area contributed by atoms with Crippen LogP contribution in [0.25, 0.3) is 0 Å². The molecule has 56 valence electrons. The molecule has 1 saturated heterocycles. The lowest BCUT2D eigenvalue weighted by Gasteiger charge is -2.21. The van der Waals surface area contributed by atoms with E-state index < -0.39 is 6.10 Å². The Kier molecular flexibility index (Phi) is 1.74. The first-order valence-electron chi connectivity index (χ1n) is 3.34. The van der Waals surface area contributed by atoms with E-state index in [-0.39, 0.29) is 17.7 Å². The Morgan fingerprint density at radius 3 is 2.50 bits per heavy atom. The molecule has 2 atom stereocenters. The Bertz CT molecular complexity index is 154. The van der Waals surface area contributed by atoms with Gasteiger partial charge in [-0.1, -0.05) is 6.92 Å². The number of hydrogen-bond donors (Lipinski definition) is 0. The molecule has 10 heavy (non-hydrogen) atoms. The van der Waals surface area contributed by atoms with Gasteiger partial charge in [0.2, 0.25) is 0 Å². The molecule has 1 rings (SSSR count). The fraction of sp³-hybridized carbons (Fsp3) is 0.714. The van der Waals surface area contributed by atoms with Crippen LogP contribution in [0.1, 0.15) is 20.3 Å².